The van der Waals surface area contributed by atoms with Gasteiger partial charge in [0.15, 0.2) is 0 Å². The second kappa shape index (κ2) is 5.66. The average Bonchev–Trinajstić information content (AvgIpc) is 2.73. The topological polar surface area (TPSA) is 12.0 Å². The summed E-state index contributed by atoms with van der Waals surface area (Å²) in [6, 6.07) is 8.93. The first kappa shape index (κ1) is 14.0. The van der Waals surface area contributed by atoms with Crippen LogP contribution in [0.3, 0.4) is 0 Å². The largest absolute Gasteiger partial charge is 0.319 e. The molecular formula is C16H25NS. The van der Waals surface area contributed by atoms with Crippen molar-refractivity contribution in [3.05, 3.63) is 29.8 Å². The average molecular weight is 263 g/mol. The molecule has 2 atom stereocenters. The minimum absolute atomic E-state index is 0.386. The summed E-state index contributed by atoms with van der Waals surface area (Å²) < 4.78 is 0. The van der Waals surface area contributed by atoms with E-state index in [-0.39, 0.29) is 0 Å². The van der Waals surface area contributed by atoms with Gasteiger partial charge in [-0.05, 0) is 42.3 Å². The van der Waals surface area contributed by atoms with Gasteiger partial charge < -0.3 is 5.32 Å². The normalized spacial score (nSPS) is 21.9. The molecule has 0 fully saturated rings. The molecule has 18 heavy (non-hydrogen) atoms. The second-order valence-electron chi connectivity index (χ2n) is 6.09. The number of thioether (sulfide) groups is 1. The van der Waals surface area contributed by atoms with Gasteiger partial charge in [-0.15, -0.1) is 11.8 Å². The van der Waals surface area contributed by atoms with Crippen LogP contribution < -0.4 is 5.32 Å². The summed E-state index contributed by atoms with van der Waals surface area (Å²) in [4.78, 5) is 1.50. The van der Waals surface area contributed by atoms with Gasteiger partial charge in [0.1, 0.15) is 0 Å². The first-order valence-corrected chi connectivity index (χ1v) is 7.91. The standard InChI is InChI=1S/C16H25NS/c1-12(2)16(3,11-17-4)9-13-10-18-15-8-6-5-7-14(13)15/h5-8,12-13,17H,9-11H2,1-4H3. The van der Waals surface area contributed by atoms with Gasteiger partial charge in [0.2, 0.25) is 0 Å². The van der Waals surface area contributed by atoms with Crippen LogP contribution in [-0.2, 0) is 0 Å². The van der Waals surface area contributed by atoms with E-state index in [2.05, 4.69) is 57.4 Å². The van der Waals surface area contributed by atoms with Crippen LogP contribution in [0.5, 0.6) is 0 Å². The van der Waals surface area contributed by atoms with Crippen LogP contribution in [0, 0.1) is 11.3 Å². The third-order valence-electron chi connectivity index (χ3n) is 4.49. The Bertz CT molecular complexity index is 402. The highest BCUT2D eigenvalue weighted by Crippen LogP contribution is 2.46. The Balaban J connectivity index is 2.15. The molecular weight excluding hydrogens is 238 g/mol. The van der Waals surface area contributed by atoms with Crippen molar-refractivity contribution in [3.8, 4) is 0 Å². The number of nitrogens with one attached hydrogen (secondary N) is 1. The fourth-order valence-corrected chi connectivity index (χ4v) is 4.13. The summed E-state index contributed by atoms with van der Waals surface area (Å²) >= 11 is 2.03. The number of hydrogen-bond acceptors (Lipinski definition) is 2. The predicted molar refractivity (Wildman–Crippen MR) is 81.4 cm³/mol. The number of rotatable bonds is 5. The van der Waals surface area contributed by atoms with Gasteiger partial charge in [0.25, 0.3) is 0 Å². The fraction of sp³-hybridized carbons (Fsp3) is 0.625. The first-order valence-electron chi connectivity index (χ1n) is 6.93. The monoisotopic (exact) mass is 263 g/mol. The zero-order chi connectivity index (χ0) is 13.2. The number of benzene rings is 1. The molecule has 1 aromatic rings. The lowest BCUT2D eigenvalue weighted by Crippen LogP contribution is -2.36. The maximum atomic E-state index is 3.38. The number of fused-ring (bicyclic) bond motifs is 1. The fourth-order valence-electron chi connectivity index (χ4n) is 2.88. The summed E-state index contributed by atoms with van der Waals surface area (Å²) in [6.07, 6.45) is 1.29. The van der Waals surface area contributed by atoms with E-state index < -0.39 is 0 Å². The van der Waals surface area contributed by atoms with Gasteiger partial charge in [0, 0.05) is 17.2 Å². The summed E-state index contributed by atoms with van der Waals surface area (Å²) in [6.45, 7) is 8.24. The molecule has 1 aliphatic rings. The molecule has 0 saturated heterocycles. The molecule has 100 valence electrons. The maximum absolute atomic E-state index is 3.38. The summed E-state index contributed by atoms with van der Waals surface area (Å²) in [5, 5.41) is 3.38. The third kappa shape index (κ3) is 2.75. The first-order chi connectivity index (χ1) is 8.57. The van der Waals surface area contributed by atoms with E-state index in [9.17, 15) is 0 Å². The summed E-state index contributed by atoms with van der Waals surface area (Å²) in [7, 11) is 2.07. The van der Waals surface area contributed by atoms with Gasteiger partial charge in [-0.25, -0.2) is 0 Å². The zero-order valence-electron chi connectivity index (χ0n) is 12.0. The van der Waals surface area contributed by atoms with Crippen molar-refractivity contribution in [2.45, 2.75) is 38.0 Å². The zero-order valence-corrected chi connectivity index (χ0v) is 12.8. The Labute approximate surface area is 116 Å². The van der Waals surface area contributed by atoms with E-state index in [0.29, 0.717) is 11.3 Å². The Hall–Kier alpha value is -0.470. The van der Waals surface area contributed by atoms with Crippen LogP contribution in [0.15, 0.2) is 29.2 Å². The molecule has 0 radical (unpaired) electrons. The molecule has 1 N–H and O–H groups in total. The molecule has 0 bridgehead atoms. The van der Waals surface area contributed by atoms with Crippen LogP contribution in [0.2, 0.25) is 0 Å². The van der Waals surface area contributed by atoms with Crippen LogP contribution in [-0.4, -0.2) is 19.3 Å². The van der Waals surface area contributed by atoms with Crippen molar-refractivity contribution in [2.24, 2.45) is 11.3 Å². The number of hydrogen-bond donors (Lipinski definition) is 1. The highest BCUT2D eigenvalue weighted by Gasteiger charge is 2.34. The van der Waals surface area contributed by atoms with E-state index in [1.54, 1.807) is 5.56 Å². The molecule has 1 heterocycles. The molecule has 2 heteroatoms. The molecule has 0 spiro atoms. The molecule has 1 aromatic carbocycles. The van der Waals surface area contributed by atoms with Gasteiger partial charge in [-0.2, -0.15) is 0 Å². The Morgan fingerprint density at radius 2 is 2.11 bits per heavy atom. The van der Waals surface area contributed by atoms with Crippen LogP contribution in [0.4, 0.5) is 0 Å². The quantitative estimate of drug-likeness (QED) is 0.856. The van der Waals surface area contributed by atoms with Crippen molar-refractivity contribution >= 4 is 11.8 Å². The minimum Gasteiger partial charge on any atom is -0.319 e. The van der Waals surface area contributed by atoms with Crippen LogP contribution in [0.1, 0.15) is 38.7 Å². The Kier molecular flexibility index (Phi) is 4.39. The Morgan fingerprint density at radius 3 is 2.78 bits per heavy atom. The summed E-state index contributed by atoms with van der Waals surface area (Å²) in [5.74, 6) is 2.69. The van der Waals surface area contributed by atoms with Gasteiger partial charge in [-0.1, -0.05) is 39.0 Å². The smallest absolute Gasteiger partial charge is 0.0107 e. The van der Waals surface area contributed by atoms with Gasteiger partial charge in [-0.3, -0.25) is 0 Å². The van der Waals surface area contributed by atoms with Gasteiger partial charge >= 0.3 is 0 Å². The van der Waals surface area contributed by atoms with E-state index in [0.717, 1.165) is 12.5 Å². The third-order valence-corrected chi connectivity index (χ3v) is 5.74. The molecule has 2 unspecified atom stereocenters. The molecule has 1 aliphatic heterocycles. The van der Waals surface area contributed by atoms with Crippen molar-refractivity contribution in [1.29, 1.82) is 0 Å². The lowest BCUT2D eigenvalue weighted by Gasteiger charge is -2.36. The van der Waals surface area contributed by atoms with Crippen molar-refractivity contribution in [1.82, 2.24) is 5.32 Å². The van der Waals surface area contributed by atoms with Crippen LogP contribution in [0.25, 0.3) is 0 Å². The van der Waals surface area contributed by atoms with Crippen molar-refractivity contribution in [3.63, 3.8) is 0 Å². The molecule has 1 nitrogen and oxygen atoms in total. The van der Waals surface area contributed by atoms with Crippen molar-refractivity contribution in [2.75, 3.05) is 19.3 Å². The predicted octanol–water partition coefficient (Wildman–Crippen LogP) is 4.15. The highest BCUT2D eigenvalue weighted by molar-refractivity contribution is 7.99. The van der Waals surface area contributed by atoms with E-state index in [1.807, 2.05) is 11.8 Å². The molecule has 0 saturated carbocycles. The second-order valence-corrected chi connectivity index (χ2v) is 7.15. The van der Waals surface area contributed by atoms with Crippen molar-refractivity contribution < 1.29 is 0 Å². The molecule has 0 aromatic heterocycles. The molecule has 2 rings (SSSR count). The lowest BCUT2D eigenvalue weighted by atomic mass is 9.71. The SMILES string of the molecule is CNCC(C)(CC1CSc2ccccc21)C(C)C. The summed E-state index contributed by atoms with van der Waals surface area (Å²) in [5.41, 5.74) is 1.96. The van der Waals surface area contributed by atoms with E-state index in [1.165, 1.54) is 17.1 Å². The lowest BCUT2D eigenvalue weighted by molar-refractivity contribution is 0.184. The molecule has 0 amide bonds. The van der Waals surface area contributed by atoms with E-state index >= 15 is 0 Å². The Morgan fingerprint density at radius 1 is 1.39 bits per heavy atom. The van der Waals surface area contributed by atoms with E-state index in [4.69, 9.17) is 0 Å². The van der Waals surface area contributed by atoms with Crippen LogP contribution >= 0.6 is 11.8 Å². The minimum atomic E-state index is 0.386. The maximum Gasteiger partial charge on any atom is 0.0107 e. The molecule has 0 aliphatic carbocycles. The highest BCUT2D eigenvalue weighted by atomic mass is 32.2. The van der Waals surface area contributed by atoms with Gasteiger partial charge in [0.05, 0.1) is 0 Å².